The first-order valence-electron chi connectivity index (χ1n) is 10.9. The van der Waals surface area contributed by atoms with Crippen LogP contribution in [0.3, 0.4) is 0 Å². The van der Waals surface area contributed by atoms with Crippen molar-refractivity contribution < 1.29 is 19.0 Å². The third-order valence-corrected chi connectivity index (χ3v) is 6.12. The maximum Gasteiger partial charge on any atom is 0.338 e. The highest BCUT2D eigenvalue weighted by Crippen LogP contribution is 2.37. The molecule has 0 aromatic heterocycles. The second-order valence-corrected chi connectivity index (χ2v) is 8.85. The van der Waals surface area contributed by atoms with Crippen molar-refractivity contribution in [1.82, 2.24) is 10.6 Å². The molecular formula is C27H25ClN2O4S. The van der Waals surface area contributed by atoms with Crippen molar-refractivity contribution in [1.29, 1.82) is 0 Å². The third kappa shape index (κ3) is 5.58. The van der Waals surface area contributed by atoms with E-state index in [2.05, 4.69) is 10.6 Å². The van der Waals surface area contributed by atoms with Gasteiger partial charge in [-0.15, -0.1) is 0 Å². The van der Waals surface area contributed by atoms with Gasteiger partial charge in [0.1, 0.15) is 6.61 Å². The van der Waals surface area contributed by atoms with Gasteiger partial charge in [0.05, 0.1) is 31.5 Å². The third-order valence-electron chi connectivity index (χ3n) is 5.65. The summed E-state index contributed by atoms with van der Waals surface area (Å²) in [5.74, 6) is 0.647. The summed E-state index contributed by atoms with van der Waals surface area (Å²) in [7, 11) is 2.93. The van der Waals surface area contributed by atoms with Gasteiger partial charge in [-0.05, 0) is 60.1 Å². The van der Waals surface area contributed by atoms with Crippen molar-refractivity contribution >= 4 is 40.6 Å². The Labute approximate surface area is 214 Å². The first-order chi connectivity index (χ1) is 16.9. The van der Waals surface area contributed by atoms with E-state index in [1.807, 2.05) is 61.5 Å². The number of nitrogens with one attached hydrogen (secondary N) is 2. The summed E-state index contributed by atoms with van der Waals surface area (Å²) in [5, 5.41) is 7.25. The minimum Gasteiger partial charge on any atom is -0.493 e. The smallest absolute Gasteiger partial charge is 0.338 e. The molecule has 3 aromatic carbocycles. The zero-order valence-corrected chi connectivity index (χ0v) is 21.1. The summed E-state index contributed by atoms with van der Waals surface area (Å²) in [4.78, 5) is 12.9. The standard InChI is InChI=1S/C27H25ClN2O4S/c1-16-4-6-17(7-5-16)15-34-21-13-10-19(14-22(21)32-2)25-23(26(31)33-3)24(29-27(35)30-25)18-8-11-20(28)12-9-18/h4-14,25H,15H2,1-3H3,(H2,29,30,35)/t25-/m1/s1. The van der Waals surface area contributed by atoms with Crippen molar-refractivity contribution in [3.63, 3.8) is 0 Å². The van der Waals surface area contributed by atoms with Gasteiger partial charge in [0.2, 0.25) is 0 Å². The van der Waals surface area contributed by atoms with Gasteiger partial charge in [-0.25, -0.2) is 4.79 Å². The van der Waals surface area contributed by atoms with Crippen LogP contribution in [0.25, 0.3) is 5.70 Å². The summed E-state index contributed by atoms with van der Waals surface area (Å²) in [6, 6.07) is 20.3. The topological polar surface area (TPSA) is 68.8 Å². The van der Waals surface area contributed by atoms with Gasteiger partial charge in [0.25, 0.3) is 0 Å². The molecule has 0 fully saturated rings. The number of methoxy groups -OCH3 is 2. The second kappa shape index (κ2) is 10.8. The van der Waals surface area contributed by atoms with E-state index < -0.39 is 12.0 Å². The van der Waals surface area contributed by atoms with Gasteiger partial charge in [0.15, 0.2) is 16.6 Å². The van der Waals surface area contributed by atoms with Crippen LogP contribution in [0.4, 0.5) is 0 Å². The summed E-state index contributed by atoms with van der Waals surface area (Å²) < 4.78 is 16.8. The predicted molar refractivity (Wildman–Crippen MR) is 141 cm³/mol. The molecule has 2 N–H and O–H groups in total. The molecule has 1 heterocycles. The number of hydrogen-bond donors (Lipinski definition) is 2. The number of rotatable bonds is 7. The van der Waals surface area contributed by atoms with Crippen LogP contribution >= 0.6 is 23.8 Å². The summed E-state index contributed by atoms with van der Waals surface area (Å²) >= 11 is 11.5. The van der Waals surface area contributed by atoms with E-state index in [4.69, 9.17) is 38.0 Å². The molecule has 1 aliphatic rings. The van der Waals surface area contributed by atoms with Gasteiger partial charge in [-0.2, -0.15) is 0 Å². The zero-order valence-electron chi connectivity index (χ0n) is 19.6. The molecule has 0 saturated heterocycles. The van der Waals surface area contributed by atoms with Gasteiger partial charge in [0, 0.05) is 5.02 Å². The fourth-order valence-electron chi connectivity index (χ4n) is 3.82. The van der Waals surface area contributed by atoms with Crippen LogP contribution in [0, 0.1) is 6.92 Å². The molecule has 0 unspecified atom stereocenters. The number of carbonyl (C=O) groups excluding carboxylic acids is 1. The monoisotopic (exact) mass is 508 g/mol. The Morgan fingerprint density at radius 3 is 2.37 bits per heavy atom. The molecule has 0 bridgehead atoms. The number of halogens is 1. The normalized spacial score (nSPS) is 15.2. The highest BCUT2D eigenvalue weighted by Gasteiger charge is 2.33. The molecule has 3 aromatic rings. The van der Waals surface area contributed by atoms with Crippen LogP contribution < -0.4 is 20.1 Å². The molecule has 35 heavy (non-hydrogen) atoms. The number of thiocarbonyl (C=S) groups is 1. The lowest BCUT2D eigenvalue weighted by Gasteiger charge is -2.31. The Hall–Kier alpha value is -3.55. The van der Waals surface area contributed by atoms with Crippen molar-refractivity contribution in [3.8, 4) is 11.5 Å². The average molecular weight is 509 g/mol. The molecule has 0 aliphatic carbocycles. The Bertz CT molecular complexity index is 1270. The van der Waals surface area contributed by atoms with E-state index in [9.17, 15) is 4.79 Å². The van der Waals surface area contributed by atoms with E-state index in [0.29, 0.717) is 39.5 Å². The molecule has 0 amide bonds. The maximum atomic E-state index is 12.9. The molecule has 0 radical (unpaired) electrons. The van der Waals surface area contributed by atoms with Crippen molar-refractivity contribution in [2.24, 2.45) is 0 Å². The lowest BCUT2D eigenvalue weighted by molar-refractivity contribution is -0.136. The van der Waals surface area contributed by atoms with Crippen molar-refractivity contribution in [2.45, 2.75) is 19.6 Å². The second-order valence-electron chi connectivity index (χ2n) is 8.00. The number of benzene rings is 3. The molecule has 4 rings (SSSR count). The van der Waals surface area contributed by atoms with Crippen LogP contribution in [0.1, 0.15) is 28.3 Å². The SMILES string of the molecule is COC(=O)C1=C(c2ccc(Cl)cc2)NC(=S)N[C@@H]1c1ccc(OCc2ccc(C)cc2)c(OC)c1. The lowest BCUT2D eigenvalue weighted by Crippen LogP contribution is -2.45. The molecule has 1 atom stereocenters. The van der Waals surface area contributed by atoms with Gasteiger partial charge < -0.3 is 24.8 Å². The molecule has 180 valence electrons. The first-order valence-corrected chi connectivity index (χ1v) is 11.7. The predicted octanol–water partition coefficient (Wildman–Crippen LogP) is 5.34. The molecule has 6 nitrogen and oxygen atoms in total. The molecular weight excluding hydrogens is 484 g/mol. The number of ether oxygens (including phenoxy) is 3. The number of carbonyl (C=O) groups is 1. The van der Waals surface area contributed by atoms with Crippen LogP contribution in [-0.2, 0) is 16.1 Å². The molecule has 8 heteroatoms. The van der Waals surface area contributed by atoms with Gasteiger partial charge >= 0.3 is 5.97 Å². The number of esters is 1. The van der Waals surface area contributed by atoms with Crippen LogP contribution in [0.5, 0.6) is 11.5 Å². The van der Waals surface area contributed by atoms with E-state index in [1.54, 1.807) is 19.2 Å². The fraction of sp³-hybridized carbons (Fsp3) is 0.185. The number of aryl methyl sites for hydroxylation is 1. The largest absolute Gasteiger partial charge is 0.493 e. The molecule has 1 aliphatic heterocycles. The molecule has 0 saturated carbocycles. The van der Waals surface area contributed by atoms with Crippen LogP contribution in [-0.4, -0.2) is 25.3 Å². The van der Waals surface area contributed by atoms with E-state index in [-0.39, 0.29) is 0 Å². The summed E-state index contributed by atoms with van der Waals surface area (Å²) in [5.41, 5.74) is 4.71. The Kier molecular flexibility index (Phi) is 7.58. The highest BCUT2D eigenvalue weighted by atomic mass is 35.5. The maximum absolute atomic E-state index is 12.9. The summed E-state index contributed by atoms with van der Waals surface area (Å²) in [6.45, 7) is 2.45. The van der Waals surface area contributed by atoms with E-state index in [1.165, 1.54) is 12.7 Å². The lowest BCUT2D eigenvalue weighted by atomic mass is 9.92. The van der Waals surface area contributed by atoms with Crippen LogP contribution in [0.15, 0.2) is 72.3 Å². The van der Waals surface area contributed by atoms with Gasteiger partial charge in [-0.3, -0.25) is 0 Å². The first kappa shape index (κ1) is 24.6. The Balaban J connectivity index is 1.70. The minimum atomic E-state index is -0.568. The van der Waals surface area contributed by atoms with Gasteiger partial charge in [-0.1, -0.05) is 59.6 Å². The Morgan fingerprint density at radius 1 is 1.00 bits per heavy atom. The van der Waals surface area contributed by atoms with Crippen LogP contribution in [0.2, 0.25) is 5.02 Å². The van der Waals surface area contributed by atoms with E-state index in [0.717, 1.165) is 16.7 Å². The number of hydrogen-bond acceptors (Lipinski definition) is 5. The fourth-order valence-corrected chi connectivity index (χ4v) is 4.16. The molecule has 0 spiro atoms. The highest BCUT2D eigenvalue weighted by molar-refractivity contribution is 7.80. The average Bonchev–Trinajstić information content (AvgIpc) is 2.87. The minimum absolute atomic E-state index is 0.381. The Morgan fingerprint density at radius 2 is 1.71 bits per heavy atom. The van der Waals surface area contributed by atoms with Crippen molar-refractivity contribution in [3.05, 3.63) is 99.6 Å². The van der Waals surface area contributed by atoms with Crippen molar-refractivity contribution in [2.75, 3.05) is 14.2 Å². The quantitative estimate of drug-likeness (QED) is 0.330. The zero-order chi connectivity index (χ0) is 24.9. The summed E-state index contributed by atoms with van der Waals surface area (Å²) in [6.07, 6.45) is 0. The van der Waals surface area contributed by atoms with E-state index >= 15 is 0 Å².